The number of nitrogens with zero attached hydrogens (tertiary/aromatic N) is 2. The molecule has 0 bridgehead atoms. The molecule has 1 fully saturated rings. The number of halogens is 1. The molecule has 0 atom stereocenters. The Hall–Kier alpha value is -3.07. The van der Waals surface area contributed by atoms with Crippen LogP contribution in [0.15, 0.2) is 71.8 Å². The van der Waals surface area contributed by atoms with Crippen LogP contribution in [-0.4, -0.2) is 31.8 Å². The van der Waals surface area contributed by atoms with Gasteiger partial charge in [-0.05, 0) is 89.9 Å². The van der Waals surface area contributed by atoms with Crippen LogP contribution in [0.2, 0.25) is 0 Å². The van der Waals surface area contributed by atoms with E-state index in [4.69, 9.17) is 9.47 Å². The predicted octanol–water partition coefficient (Wildman–Crippen LogP) is 5.63. The van der Waals surface area contributed by atoms with Gasteiger partial charge in [-0.3, -0.25) is 4.79 Å². The Balaban J connectivity index is 1.40. The van der Waals surface area contributed by atoms with E-state index < -0.39 is 0 Å². The van der Waals surface area contributed by atoms with E-state index >= 15 is 0 Å². The molecule has 1 N–H and O–H groups in total. The quantitative estimate of drug-likeness (QED) is 0.206. The molecule has 0 saturated carbocycles. The average molecular weight is 569 g/mol. The molecule has 7 heteroatoms. The van der Waals surface area contributed by atoms with Crippen molar-refractivity contribution in [2.75, 3.05) is 24.6 Å². The van der Waals surface area contributed by atoms with Gasteiger partial charge >= 0.3 is 0 Å². The number of ether oxygens (including phenoxy) is 2. The lowest BCUT2D eigenvalue weighted by atomic mass is 10.2. The fourth-order valence-corrected chi connectivity index (χ4v) is 4.61. The van der Waals surface area contributed by atoms with Gasteiger partial charge < -0.3 is 14.4 Å². The van der Waals surface area contributed by atoms with Gasteiger partial charge in [0.15, 0.2) is 11.5 Å². The molecule has 0 spiro atoms. The molecule has 1 aliphatic rings. The molecule has 0 radical (unpaired) electrons. The highest BCUT2D eigenvalue weighted by atomic mass is 127. The fourth-order valence-electron chi connectivity index (χ4n) is 3.82. The molecule has 176 valence electrons. The first-order chi connectivity index (χ1) is 16.6. The maximum absolute atomic E-state index is 12.5. The topological polar surface area (TPSA) is 63.2 Å². The standard InChI is InChI=1S/C27H28IN3O3/c1-2-33-25-17-21(16-24(28)26(25)34-19-20-8-4-3-5-9-20)18-29-30-27(32)22-10-12-23(13-11-22)31-14-6-7-15-31/h3-5,8-13,16-18H,2,6-7,14-15,19H2,1H3,(H,30,32)/b29-18-. The Morgan fingerprint density at radius 1 is 1.06 bits per heavy atom. The van der Waals surface area contributed by atoms with Crippen LogP contribution in [0.5, 0.6) is 11.5 Å². The van der Waals surface area contributed by atoms with E-state index in [1.54, 1.807) is 6.21 Å². The first-order valence-corrected chi connectivity index (χ1v) is 12.5. The summed E-state index contributed by atoms with van der Waals surface area (Å²) in [5.41, 5.74) is 6.24. The fraction of sp³-hybridized carbons (Fsp3) is 0.259. The van der Waals surface area contributed by atoms with E-state index in [0.29, 0.717) is 30.3 Å². The van der Waals surface area contributed by atoms with E-state index in [1.807, 2.05) is 73.7 Å². The summed E-state index contributed by atoms with van der Waals surface area (Å²) in [5.74, 6) is 1.10. The zero-order valence-electron chi connectivity index (χ0n) is 19.2. The molecule has 0 unspecified atom stereocenters. The van der Waals surface area contributed by atoms with E-state index in [1.165, 1.54) is 12.8 Å². The zero-order chi connectivity index (χ0) is 23.8. The van der Waals surface area contributed by atoms with E-state index in [-0.39, 0.29) is 5.91 Å². The van der Waals surface area contributed by atoms with Crippen LogP contribution in [0.25, 0.3) is 0 Å². The van der Waals surface area contributed by atoms with Gasteiger partial charge in [-0.15, -0.1) is 0 Å². The maximum Gasteiger partial charge on any atom is 0.271 e. The van der Waals surface area contributed by atoms with Gasteiger partial charge in [-0.1, -0.05) is 30.3 Å². The molecular weight excluding hydrogens is 541 g/mol. The third-order valence-electron chi connectivity index (χ3n) is 5.54. The van der Waals surface area contributed by atoms with Crippen LogP contribution in [0.1, 0.15) is 41.3 Å². The molecule has 6 nitrogen and oxygen atoms in total. The lowest BCUT2D eigenvalue weighted by molar-refractivity contribution is 0.0955. The van der Waals surface area contributed by atoms with Crippen molar-refractivity contribution in [3.63, 3.8) is 0 Å². The van der Waals surface area contributed by atoms with Crippen LogP contribution in [-0.2, 0) is 6.61 Å². The maximum atomic E-state index is 12.5. The largest absolute Gasteiger partial charge is 0.490 e. The van der Waals surface area contributed by atoms with Gasteiger partial charge in [-0.2, -0.15) is 5.10 Å². The van der Waals surface area contributed by atoms with Gasteiger partial charge in [0.05, 0.1) is 16.4 Å². The number of nitrogens with one attached hydrogen (secondary N) is 1. The third kappa shape index (κ3) is 6.28. The number of amides is 1. The van der Waals surface area contributed by atoms with Gasteiger partial charge in [0.2, 0.25) is 0 Å². The number of benzene rings is 3. The lowest BCUT2D eigenvalue weighted by Gasteiger charge is -2.17. The summed E-state index contributed by atoms with van der Waals surface area (Å²) in [5, 5.41) is 4.15. The molecule has 3 aromatic rings. The second kappa shape index (κ2) is 11.9. The van der Waals surface area contributed by atoms with Crippen molar-refractivity contribution in [3.8, 4) is 11.5 Å². The van der Waals surface area contributed by atoms with Gasteiger partial charge in [-0.25, -0.2) is 5.43 Å². The molecule has 1 saturated heterocycles. The number of hydrazone groups is 1. The number of hydrogen-bond acceptors (Lipinski definition) is 5. The Morgan fingerprint density at radius 2 is 1.79 bits per heavy atom. The minimum absolute atomic E-state index is 0.244. The van der Waals surface area contributed by atoms with Crippen molar-refractivity contribution in [1.82, 2.24) is 5.43 Å². The van der Waals surface area contributed by atoms with Crippen molar-refractivity contribution in [2.24, 2.45) is 5.10 Å². The summed E-state index contributed by atoms with van der Waals surface area (Å²) in [7, 11) is 0. The SMILES string of the molecule is CCOc1cc(/C=N\NC(=O)c2ccc(N3CCCC3)cc2)cc(I)c1OCc1ccccc1. The molecule has 3 aromatic carbocycles. The van der Waals surface area contributed by atoms with Gasteiger partial charge in [0.25, 0.3) is 5.91 Å². The molecule has 0 aliphatic carbocycles. The van der Waals surface area contributed by atoms with E-state index in [2.05, 4.69) is 38.0 Å². The molecule has 1 amide bonds. The minimum atomic E-state index is -0.244. The van der Waals surface area contributed by atoms with Crippen molar-refractivity contribution in [2.45, 2.75) is 26.4 Å². The number of hydrogen-bond donors (Lipinski definition) is 1. The summed E-state index contributed by atoms with van der Waals surface area (Å²) in [4.78, 5) is 14.8. The van der Waals surface area contributed by atoms with E-state index in [0.717, 1.165) is 33.5 Å². The average Bonchev–Trinajstić information content (AvgIpc) is 3.40. The van der Waals surface area contributed by atoms with Crippen molar-refractivity contribution < 1.29 is 14.3 Å². The molecule has 1 heterocycles. The smallest absolute Gasteiger partial charge is 0.271 e. The van der Waals surface area contributed by atoms with Crippen molar-refractivity contribution in [1.29, 1.82) is 0 Å². The zero-order valence-corrected chi connectivity index (χ0v) is 21.3. The molecular formula is C27H28IN3O3. The molecule has 0 aromatic heterocycles. The van der Waals surface area contributed by atoms with Crippen molar-refractivity contribution in [3.05, 3.63) is 87.0 Å². The summed E-state index contributed by atoms with van der Waals surface area (Å²) >= 11 is 2.23. The molecule has 1 aliphatic heterocycles. The second-order valence-electron chi connectivity index (χ2n) is 7.98. The normalized spacial score (nSPS) is 13.3. The van der Waals surface area contributed by atoms with Gasteiger partial charge in [0.1, 0.15) is 6.61 Å². The number of carbonyl (C=O) groups is 1. The minimum Gasteiger partial charge on any atom is -0.490 e. The summed E-state index contributed by atoms with van der Waals surface area (Å²) in [6.45, 7) is 5.06. The Morgan fingerprint density at radius 3 is 2.50 bits per heavy atom. The van der Waals surface area contributed by atoms with Crippen LogP contribution in [0, 0.1) is 3.57 Å². The lowest BCUT2D eigenvalue weighted by Crippen LogP contribution is -2.19. The first-order valence-electron chi connectivity index (χ1n) is 11.5. The second-order valence-corrected chi connectivity index (χ2v) is 9.14. The summed E-state index contributed by atoms with van der Waals surface area (Å²) in [6.07, 6.45) is 4.06. The molecule has 34 heavy (non-hydrogen) atoms. The molecule has 4 rings (SSSR count). The highest BCUT2D eigenvalue weighted by Gasteiger charge is 2.14. The van der Waals surface area contributed by atoms with Crippen LogP contribution in [0.4, 0.5) is 5.69 Å². The Kier molecular flexibility index (Phi) is 8.41. The first kappa shape index (κ1) is 24.1. The summed E-state index contributed by atoms with van der Waals surface area (Å²) in [6, 6.07) is 21.5. The Labute approximate surface area is 214 Å². The van der Waals surface area contributed by atoms with E-state index in [9.17, 15) is 4.79 Å². The Bertz CT molecular complexity index is 1130. The van der Waals surface area contributed by atoms with Crippen molar-refractivity contribution >= 4 is 40.4 Å². The highest BCUT2D eigenvalue weighted by Crippen LogP contribution is 2.34. The van der Waals surface area contributed by atoms with Crippen LogP contribution in [0.3, 0.4) is 0 Å². The number of rotatable bonds is 9. The number of anilines is 1. The van der Waals surface area contributed by atoms with Gasteiger partial charge in [0, 0.05) is 24.3 Å². The highest BCUT2D eigenvalue weighted by molar-refractivity contribution is 14.1. The van der Waals surface area contributed by atoms with Crippen LogP contribution >= 0.6 is 22.6 Å². The summed E-state index contributed by atoms with van der Waals surface area (Å²) < 4.78 is 12.8. The predicted molar refractivity (Wildman–Crippen MR) is 144 cm³/mol. The monoisotopic (exact) mass is 569 g/mol. The number of carbonyl (C=O) groups excluding carboxylic acids is 1. The third-order valence-corrected chi connectivity index (χ3v) is 6.34. The van der Waals surface area contributed by atoms with Crippen LogP contribution < -0.4 is 19.8 Å².